The molecule has 0 fully saturated rings. The smallest absolute Gasteiger partial charge is 0.283 e. The molecule has 21 heavy (non-hydrogen) atoms. The number of nitrogens with zero attached hydrogens (tertiary/aromatic N) is 2. The first kappa shape index (κ1) is 13.8. The fourth-order valence-electron chi connectivity index (χ4n) is 2.21. The summed E-state index contributed by atoms with van der Waals surface area (Å²) in [4.78, 5) is 0.172. The van der Waals surface area contributed by atoms with E-state index < -0.39 is 10.0 Å². The number of aromatic nitrogens is 2. The van der Waals surface area contributed by atoms with Crippen molar-refractivity contribution in [3.63, 3.8) is 0 Å². The molecule has 5 nitrogen and oxygen atoms in total. The van der Waals surface area contributed by atoms with Gasteiger partial charge >= 0.3 is 0 Å². The number of hydrogen-bond donors (Lipinski definition) is 1. The summed E-state index contributed by atoms with van der Waals surface area (Å²) in [6, 6.07) is 13.5. The minimum absolute atomic E-state index is 0.172. The van der Waals surface area contributed by atoms with Crippen LogP contribution in [0.25, 0.3) is 10.9 Å². The largest absolute Gasteiger partial charge is 0.390 e. The maximum absolute atomic E-state index is 12.7. The van der Waals surface area contributed by atoms with Crippen LogP contribution in [0.4, 0.5) is 0 Å². The molecule has 2 aromatic carbocycles. The first-order valence-corrected chi connectivity index (χ1v) is 7.88. The molecule has 0 saturated carbocycles. The van der Waals surface area contributed by atoms with Crippen molar-refractivity contribution in [2.24, 2.45) is 0 Å². The maximum Gasteiger partial charge on any atom is 0.283 e. The molecule has 1 aromatic heterocycles. The van der Waals surface area contributed by atoms with Gasteiger partial charge in [0.05, 0.1) is 22.7 Å². The van der Waals surface area contributed by atoms with Gasteiger partial charge in [0.25, 0.3) is 10.0 Å². The molecule has 1 heterocycles. The number of hydrogen-bond acceptors (Lipinski definition) is 4. The highest BCUT2D eigenvalue weighted by Crippen LogP contribution is 2.23. The lowest BCUT2D eigenvalue weighted by molar-refractivity contribution is 0.278. The van der Waals surface area contributed by atoms with Gasteiger partial charge in [0, 0.05) is 5.39 Å². The molecule has 6 heteroatoms. The number of para-hydroxylation sites is 1. The summed E-state index contributed by atoms with van der Waals surface area (Å²) >= 11 is 0. The summed E-state index contributed by atoms with van der Waals surface area (Å²) in [5.41, 5.74) is 1.79. The van der Waals surface area contributed by atoms with Gasteiger partial charge in [0.15, 0.2) is 0 Å². The van der Waals surface area contributed by atoms with Crippen molar-refractivity contribution in [2.45, 2.75) is 18.4 Å². The van der Waals surface area contributed by atoms with Crippen molar-refractivity contribution < 1.29 is 13.5 Å². The molecule has 0 bridgehead atoms. The summed E-state index contributed by atoms with van der Waals surface area (Å²) in [5.74, 6) is 0. The third-order valence-corrected chi connectivity index (χ3v) is 4.93. The Morgan fingerprint density at radius 2 is 1.76 bits per heavy atom. The van der Waals surface area contributed by atoms with E-state index in [1.807, 2.05) is 6.92 Å². The predicted octanol–water partition coefficient (Wildman–Crippen LogP) is 2.07. The molecule has 3 aromatic rings. The lowest BCUT2D eigenvalue weighted by atomic mass is 10.2. The third-order valence-electron chi connectivity index (χ3n) is 3.33. The van der Waals surface area contributed by atoms with Crippen LogP contribution in [0.5, 0.6) is 0 Å². The van der Waals surface area contributed by atoms with Gasteiger partial charge in [-0.05, 0) is 25.1 Å². The van der Waals surface area contributed by atoms with Gasteiger partial charge in [0.1, 0.15) is 0 Å². The normalized spacial score (nSPS) is 11.9. The standard InChI is InChI=1S/C15H14N2O3S/c1-11-6-8-12(9-7-11)21(19,20)17-15-5-3-2-4-13(15)14(10-18)16-17/h2-9,18H,10H2,1H3. The van der Waals surface area contributed by atoms with Gasteiger partial charge in [0.2, 0.25) is 0 Å². The number of aliphatic hydroxyl groups is 1. The van der Waals surface area contributed by atoms with E-state index in [2.05, 4.69) is 5.10 Å². The molecule has 108 valence electrons. The lowest BCUT2D eigenvalue weighted by Gasteiger charge is -2.06. The van der Waals surface area contributed by atoms with E-state index in [0.717, 1.165) is 9.65 Å². The van der Waals surface area contributed by atoms with E-state index in [-0.39, 0.29) is 11.5 Å². The van der Waals surface area contributed by atoms with Gasteiger partial charge in [-0.1, -0.05) is 35.9 Å². The zero-order chi connectivity index (χ0) is 15.0. The van der Waals surface area contributed by atoms with Crippen LogP contribution in [0.1, 0.15) is 11.3 Å². The van der Waals surface area contributed by atoms with Crippen LogP contribution in [0, 0.1) is 6.92 Å². The zero-order valence-electron chi connectivity index (χ0n) is 11.4. The second kappa shape index (κ2) is 4.98. The molecule has 1 N–H and O–H groups in total. The molecular weight excluding hydrogens is 288 g/mol. The Labute approximate surface area is 122 Å². The highest BCUT2D eigenvalue weighted by Gasteiger charge is 2.22. The first-order chi connectivity index (χ1) is 10.0. The van der Waals surface area contributed by atoms with Gasteiger partial charge in [-0.15, -0.1) is 0 Å². The monoisotopic (exact) mass is 302 g/mol. The summed E-state index contributed by atoms with van der Waals surface area (Å²) < 4.78 is 26.4. The fourth-order valence-corrected chi connectivity index (χ4v) is 3.52. The first-order valence-electron chi connectivity index (χ1n) is 6.44. The molecule has 3 rings (SSSR count). The van der Waals surface area contributed by atoms with Crippen molar-refractivity contribution in [1.82, 2.24) is 9.19 Å². The third kappa shape index (κ3) is 2.22. The van der Waals surface area contributed by atoms with Crippen LogP contribution in [-0.2, 0) is 16.6 Å². The van der Waals surface area contributed by atoms with E-state index in [1.54, 1.807) is 48.5 Å². The van der Waals surface area contributed by atoms with Crippen molar-refractivity contribution in [3.8, 4) is 0 Å². The van der Waals surface area contributed by atoms with E-state index in [0.29, 0.717) is 16.6 Å². The van der Waals surface area contributed by atoms with Gasteiger partial charge in [-0.3, -0.25) is 0 Å². The van der Waals surface area contributed by atoms with Gasteiger partial charge in [-0.2, -0.15) is 17.6 Å². The van der Waals surface area contributed by atoms with Crippen LogP contribution >= 0.6 is 0 Å². The Morgan fingerprint density at radius 3 is 2.43 bits per heavy atom. The summed E-state index contributed by atoms with van der Waals surface area (Å²) in [5, 5.41) is 14.0. The Kier molecular flexibility index (Phi) is 3.27. The fraction of sp³-hybridized carbons (Fsp3) is 0.133. The second-order valence-electron chi connectivity index (χ2n) is 4.78. The molecule has 0 radical (unpaired) electrons. The van der Waals surface area contributed by atoms with E-state index in [4.69, 9.17) is 0 Å². The predicted molar refractivity (Wildman–Crippen MR) is 79.4 cm³/mol. The summed E-state index contributed by atoms with van der Waals surface area (Å²) in [7, 11) is -3.78. The number of aliphatic hydroxyl groups excluding tert-OH is 1. The Balaban J connectivity index is 2.26. The van der Waals surface area contributed by atoms with Crippen molar-refractivity contribution in [2.75, 3.05) is 0 Å². The molecule has 0 atom stereocenters. The quantitative estimate of drug-likeness (QED) is 0.804. The minimum Gasteiger partial charge on any atom is -0.390 e. The van der Waals surface area contributed by atoms with Crippen molar-refractivity contribution in [3.05, 3.63) is 59.8 Å². The van der Waals surface area contributed by atoms with Crippen LogP contribution < -0.4 is 0 Å². The molecule has 0 amide bonds. The number of aryl methyl sites for hydroxylation is 1. The van der Waals surface area contributed by atoms with Crippen LogP contribution in [0.2, 0.25) is 0 Å². The van der Waals surface area contributed by atoms with Crippen LogP contribution in [0.15, 0.2) is 53.4 Å². The Bertz CT molecular complexity index is 896. The molecule has 0 aliphatic heterocycles. The van der Waals surface area contributed by atoms with Crippen molar-refractivity contribution in [1.29, 1.82) is 0 Å². The number of fused-ring (bicyclic) bond motifs is 1. The van der Waals surface area contributed by atoms with E-state index in [9.17, 15) is 13.5 Å². The molecule has 0 aliphatic carbocycles. The summed E-state index contributed by atoms with van der Waals surface area (Å²) in [6.07, 6.45) is 0. The average molecular weight is 302 g/mol. The van der Waals surface area contributed by atoms with Crippen LogP contribution in [-0.4, -0.2) is 22.7 Å². The Hall–Kier alpha value is -2.18. The average Bonchev–Trinajstić information content (AvgIpc) is 2.87. The van der Waals surface area contributed by atoms with Gasteiger partial charge < -0.3 is 5.11 Å². The summed E-state index contributed by atoms with van der Waals surface area (Å²) in [6.45, 7) is 1.58. The van der Waals surface area contributed by atoms with Gasteiger partial charge in [-0.25, -0.2) is 0 Å². The molecular formula is C15H14N2O3S. The van der Waals surface area contributed by atoms with Crippen LogP contribution in [0.3, 0.4) is 0 Å². The topological polar surface area (TPSA) is 72.2 Å². The molecule has 0 saturated heterocycles. The lowest BCUT2D eigenvalue weighted by Crippen LogP contribution is -2.14. The SMILES string of the molecule is Cc1ccc(S(=O)(=O)n2nc(CO)c3ccccc32)cc1. The number of rotatable bonds is 3. The molecule has 0 unspecified atom stereocenters. The molecule has 0 aliphatic rings. The van der Waals surface area contributed by atoms with Crippen molar-refractivity contribution >= 4 is 20.9 Å². The second-order valence-corrected chi connectivity index (χ2v) is 6.55. The molecule has 0 spiro atoms. The van der Waals surface area contributed by atoms with E-state index >= 15 is 0 Å². The highest BCUT2D eigenvalue weighted by atomic mass is 32.2. The maximum atomic E-state index is 12.7. The minimum atomic E-state index is -3.78. The zero-order valence-corrected chi connectivity index (χ0v) is 12.2. The highest BCUT2D eigenvalue weighted by molar-refractivity contribution is 7.90. The van der Waals surface area contributed by atoms with E-state index in [1.165, 1.54) is 0 Å². The number of benzene rings is 2. The Morgan fingerprint density at radius 1 is 1.10 bits per heavy atom.